The summed E-state index contributed by atoms with van der Waals surface area (Å²) in [6.45, 7) is 0. The number of hydrogen-bond acceptors (Lipinski definition) is 2. The van der Waals surface area contributed by atoms with Crippen LogP contribution in [0.4, 0.5) is 0 Å². The Bertz CT molecular complexity index is 724. The Morgan fingerprint density at radius 3 is 2.90 bits per heavy atom. The van der Waals surface area contributed by atoms with E-state index in [1.807, 2.05) is 60.7 Å². The van der Waals surface area contributed by atoms with Crippen LogP contribution in [0.5, 0.6) is 0 Å². The Labute approximate surface area is 122 Å². The average molecular weight is 277 g/mol. The fourth-order valence-electron chi connectivity index (χ4n) is 2.16. The van der Waals surface area contributed by atoms with E-state index in [0.29, 0.717) is 5.69 Å². The fraction of sp³-hybridized carbons (Fsp3) is 0.0588. The van der Waals surface area contributed by atoms with E-state index in [2.05, 4.69) is 15.5 Å². The van der Waals surface area contributed by atoms with Crippen molar-refractivity contribution in [3.63, 3.8) is 0 Å². The molecule has 1 aliphatic carbocycles. The summed E-state index contributed by atoms with van der Waals surface area (Å²) in [5.74, 6) is -0.191. The highest BCUT2D eigenvalue weighted by molar-refractivity contribution is 5.99. The standard InChI is InChI=1S/C17H15N3O/c21-17(19-14-10-6-1-2-7-11-14)16-15(12-18-20-16)13-8-4-3-5-9-13/h1-6,8-12H,7H2,(H,18,20)(H,19,21). The number of carbonyl (C=O) groups is 1. The average Bonchev–Trinajstić information content (AvgIpc) is 2.87. The van der Waals surface area contributed by atoms with Gasteiger partial charge in [-0.05, 0) is 18.1 Å². The highest BCUT2D eigenvalue weighted by Crippen LogP contribution is 2.21. The van der Waals surface area contributed by atoms with E-state index in [0.717, 1.165) is 23.2 Å². The first-order valence-corrected chi connectivity index (χ1v) is 6.78. The van der Waals surface area contributed by atoms with Crippen LogP contribution in [-0.4, -0.2) is 16.1 Å². The smallest absolute Gasteiger partial charge is 0.274 e. The minimum Gasteiger partial charge on any atom is -0.321 e. The quantitative estimate of drug-likeness (QED) is 0.905. The van der Waals surface area contributed by atoms with Crippen LogP contribution in [0.15, 0.2) is 72.6 Å². The first kappa shape index (κ1) is 13.1. The molecule has 0 saturated heterocycles. The Kier molecular flexibility index (Phi) is 3.78. The van der Waals surface area contributed by atoms with Crippen LogP contribution in [0.25, 0.3) is 11.1 Å². The molecule has 2 N–H and O–H groups in total. The molecule has 0 spiro atoms. The lowest BCUT2D eigenvalue weighted by Gasteiger charge is -2.06. The van der Waals surface area contributed by atoms with Crippen LogP contribution in [0, 0.1) is 0 Å². The number of hydrogen-bond donors (Lipinski definition) is 2. The van der Waals surface area contributed by atoms with Crippen molar-refractivity contribution >= 4 is 5.91 Å². The largest absolute Gasteiger partial charge is 0.321 e. The fourth-order valence-corrected chi connectivity index (χ4v) is 2.16. The zero-order valence-corrected chi connectivity index (χ0v) is 11.4. The van der Waals surface area contributed by atoms with Gasteiger partial charge in [-0.25, -0.2) is 0 Å². The molecule has 2 aromatic rings. The Morgan fingerprint density at radius 1 is 1.19 bits per heavy atom. The number of aromatic amines is 1. The molecular formula is C17H15N3O. The molecule has 1 aromatic carbocycles. The van der Waals surface area contributed by atoms with Gasteiger partial charge in [0.15, 0.2) is 0 Å². The highest BCUT2D eigenvalue weighted by Gasteiger charge is 2.15. The number of nitrogens with zero attached hydrogens (tertiary/aromatic N) is 1. The molecule has 4 nitrogen and oxygen atoms in total. The predicted octanol–water partition coefficient (Wildman–Crippen LogP) is 3.21. The summed E-state index contributed by atoms with van der Waals surface area (Å²) >= 11 is 0. The van der Waals surface area contributed by atoms with E-state index in [1.54, 1.807) is 6.20 Å². The molecule has 1 heterocycles. The lowest BCUT2D eigenvalue weighted by atomic mass is 10.1. The molecule has 1 aliphatic rings. The van der Waals surface area contributed by atoms with Gasteiger partial charge >= 0.3 is 0 Å². The van der Waals surface area contributed by atoms with Crippen LogP contribution >= 0.6 is 0 Å². The molecule has 1 aromatic heterocycles. The summed E-state index contributed by atoms with van der Waals surface area (Å²) in [7, 11) is 0. The normalized spacial score (nSPS) is 13.6. The first-order valence-electron chi connectivity index (χ1n) is 6.78. The number of benzene rings is 1. The van der Waals surface area contributed by atoms with Crippen molar-refractivity contribution in [3.8, 4) is 11.1 Å². The van der Waals surface area contributed by atoms with Gasteiger partial charge in [-0.3, -0.25) is 9.89 Å². The summed E-state index contributed by atoms with van der Waals surface area (Å²) in [5.41, 5.74) is 3.01. The van der Waals surface area contributed by atoms with E-state index < -0.39 is 0 Å². The first-order chi connectivity index (χ1) is 10.3. The Hall–Kier alpha value is -2.88. The van der Waals surface area contributed by atoms with Gasteiger partial charge in [-0.2, -0.15) is 5.10 Å². The Morgan fingerprint density at radius 2 is 2.05 bits per heavy atom. The number of aromatic nitrogens is 2. The van der Waals surface area contributed by atoms with Crippen molar-refractivity contribution < 1.29 is 4.79 Å². The van der Waals surface area contributed by atoms with Crippen LogP contribution < -0.4 is 5.32 Å². The van der Waals surface area contributed by atoms with Crippen molar-refractivity contribution in [2.75, 3.05) is 0 Å². The molecule has 0 radical (unpaired) electrons. The van der Waals surface area contributed by atoms with Gasteiger partial charge in [0, 0.05) is 11.3 Å². The van der Waals surface area contributed by atoms with Gasteiger partial charge in [-0.15, -0.1) is 0 Å². The third-order valence-electron chi connectivity index (χ3n) is 3.21. The number of amides is 1. The van der Waals surface area contributed by atoms with Crippen LogP contribution in [-0.2, 0) is 0 Å². The second-order valence-corrected chi connectivity index (χ2v) is 4.66. The maximum absolute atomic E-state index is 12.4. The monoisotopic (exact) mass is 277 g/mol. The van der Waals surface area contributed by atoms with E-state index >= 15 is 0 Å². The third kappa shape index (κ3) is 3.00. The highest BCUT2D eigenvalue weighted by atomic mass is 16.1. The maximum Gasteiger partial charge on any atom is 0.274 e. The van der Waals surface area contributed by atoms with Crippen LogP contribution in [0.2, 0.25) is 0 Å². The predicted molar refractivity (Wildman–Crippen MR) is 82.5 cm³/mol. The van der Waals surface area contributed by atoms with Gasteiger partial charge in [0.2, 0.25) is 0 Å². The zero-order chi connectivity index (χ0) is 14.5. The van der Waals surface area contributed by atoms with Gasteiger partial charge in [-0.1, -0.05) is 54.6 Å². The van der Waals surface area contributed by atoms with E-state index in [-0.39, 0.29) is 5.91 Å². The lowest BCUT2D eigenvalue weighted by Crippen LogP contribution is -2.22. The zero-order valence-electron chi connectivity index (χ0n) is 11.4. The number of H-pyrrole nitrogens is 1. The molecule has 4 heteroatoms. The van der Waals surface area contributed by atoms with E-state index in [1.165, 1.54) is 0 Å². The summed E-state index contributed by atoms with van der Waals surface area (Å²) in [5, 5.41) is 9.67. The topological polar surface area (TPSA) is 57.8 Å². The molecule has 1 amide bonds. The SMILES string of the molecule is O=C(NC1=CCC=CC=C1)c1[nH]ncc1-c1ccccc1. The van der Waals surface area contributed by atoms with Crippen molar-refractivity contribution in [3.05, 3.63) is 78.3 Å². The van der Waals surface area contributed by atoms with E-state index in [4.69, 9.17) is 0 Å². The van der Waals surface area contributed by atoms with Crippen molar-refractivity contribution in [1.29, 1.82) is 0 Å². The molecule has 0 bridgehead atoms. The maximum atomic E-state index is 12.4. The van der Waals surface area contributed by atoms with E-state index in [9.17, 15) is 4.79 Å². The minimum absolute atomic E-state index is 0.191. The van der Waals surface area contributed by atoms with Crippen molar-refractivity contribution in [1.82, 2.24) is 15.5 Å². The lowest BCUT2D eigenvalue weighted by molar-refractivity contribution is 0.0963. The second-order valence-electron chi connectivity index (χ2n) is 4.66. The molecule has 0 saturated carbocycles. The van der Waals surface area contributed by atoms with Crippen molar-refractivity contribution in [2.45, 2.75) is 6.42 Å². The van der Waals surface area contributed by atoms with Gasteiger partial charge in [0.1, 0.15) is 5.69 Å². The molecular weight excluding hydrogens is 262 g/mol. The third-order valence-corrected chi connectivity index (χ3v) is 3.21. The van der Waals surface area contributed by atoms with Gasteiger partial charge in [0.25, 0.3) is 5.91 Å². The Balaban J connectivity index is 1.83. The van der Waals surface area contributed by atoms with Gasteiger partial charge < -0.3 is 5.32 Å². The molecule has 0 aliphatic heterocycles. The molecule has 104 valence electrons. The molecule has 0 fully saturated rings. The summed E-state index contributed by atoms with van der Waals surface area (Å²) in [6.07, 6.45) is 12.2. The van der Waals surface area contributed by atoms with Crippen LogP contribution in [0.1, 0.15) is 16.9 Å². The number of allylic oxidation sites excluding steroid dienone is 5. The summed E-state index contributed by atoms with van der Waals surface area (Å²) in [4.78, 5) is 12.4. The molecule has 3 rings (SSSR count). The number of carbonyl (C=O) groups excluding carboxylic acids is 1. The second kappa shape index (κ2) is 6.05. The molecule has 0 unspecified atom stereocenters. The molecule has 0 atom stereocenters. The number of rotatable bonds is 3. The van der Waals surface area contributed by atoms with Gasteiger partial charge in [0.05, 0.1) is 6.20 Å². The number of nitrogens with one attached hydrogen (secondary N) is 2. The molecule has 21 heavy (non-hydrogen) atoms. The summed E-state index contributed by atoms with van der Waals surface area (Å²) in [6, 6.07) is 9.72. The minimum atomic E-state index is -0.191. The van der Waals surface area contributed by atoms with Crippen LogP contribution in [0.3, 0.4) is 0 Å². The van der Waals surface area contributed by atoms with Crippen molar-refractivity contribution in [2.24, 2.45) is 0 Å². The summed E-state index contributed by atoms with van der Waals surface area (Å²) < 4.78 is 0.